The summed E-state index contributed by atoms with van der Waals surface area (Å²) in [6, 6.07) is 15.7. The zero-order valence-electron chi connectivity index (χ0n) is 19.3. The van der Waals surface area contributed by atoms with Crippen molar-refractivity contribution in [1.29, 1.82) is 0 Å². The Kier molecular flexibility index (Phi) is 6.82. The van der Waals surface area contributed by atoms with Crippen molar-refractivity contribution in [3.05, 3.63) is 83.3 Å². The predicted octanol–water partition coefficient (Wildman–Crippen LogP) is 5.35. The Morgan fingerprint density at radius 2 is 1.67 bits per heavy atom. The Balaban J connectivity index is 1.85. The first-order chi connectivity index (χ1) is 16.0. The third-order valence-corrected chi connectivity index (χ3v) is 6.27. The summed E-state index contributed by atoms with van der Waals surface area (Å²) >= 11 is 0. The molecule has 0 bridgehead atoms. The third kappa shape index (κ3) is 4.80. The van der Waals surface area contributed by atoms with Gasteiger partial charge in [0.15, 0.2) is 5.76 Å². The lowest BCUT2D eigenvalue weighted by atomic mass is 9.99. The molecule has 1 N–H and O–H groups in total. The molecule has 1 fully saturated rings. The summed E-state index contributed by atoms with van der Waals surface area (Å²) in [4.78, 5) is 29.2. The molecular weight excluding hydrogens is 416 g/mol. The van der Waals surface area contributed by atoms with Gasteiger partial charge in [-0.3, -0.25) is 14.5 Å². The average molecular weight is 447 g/mol. The fourth-order valence-electron chi connectivity index (χ4n) is 4.61. The summed E-state index contributed by atoms with van der Waals surface area (Å²) in [7, 11) is 1.60. The number of nitrogens with zero attached hydrogens (tertiary/aromatic N) is 1. The van der Waals surface area contributed by atoms with Gasteiger partial charge in [-0.1, -0.05) is 43.2 Å². The number of rotatable bonds is 7. The van der Waals surface area contributed by atoms with E-state index in [0.29, 0.717) is 17.0 Å². The van der Waals surface area contributed by atoms with Crippen LogP contribution in [-0.2, 0) is 4.79 Å². The molecule has 6 heteroatoms. The van der Waals surface area contributed by atoms with Crippen LogP contribution >= 0.6 is 0 Å². The van der Waals surface area contributed by atoms with E-state index in [1.165, 1.54) is 6.26 Å². The first kappa shape index (κ1) is 22.6. The van der Waals surface area contributed by atoms with Crippen LogP contribution in [0.4, 0.5) is 5.69 Å². The van der Waals surface area contributed by atoms with Gasteiger partial charge in [-0.15, -0.1) is 0 Å². The van der Waals surface area contributed by atoms with Crippen LogP contribution < -0.4 is 15.0 Å². The Labute approximate surface area is 194 Å². The first-order valence-corrected chi connectivity index (χ1v) is 11.4. The summed E-state index contributed by atoms with van der Waals surface area (Å²) in [5, 5.41) is 3.20. The van der Waals surface area contributed by atoms with Crippen molar-refractivity contribution in [2.45, 2.75) is 51.6 Å². The molecule has 0 aliphatic heterocycles. The van der Waals surface area contributed by atoms with Crippen LogP contribution in [0.5, 0.6) is 5.75 Å². The minimum Gasteiger partial charge on any atom is -0.497 e. The number of hydrogen-bond donors (Lipinski definition) is 1. The molecule has 1 aliphatic rings. The molecule has 4 rings (SSSR count). The van der Waals surface area contributed by atoms with E-state index >= 15 is 0 Å². The second kappa shape index (κ2) is 9.94. The molecule has 6 nitrogen and oxygen atoms in total. The Bertz CT molecular complexity index is 1080. The number of aryl methyl sites for hydroxylation is 2. The number of anilines is 1. The molecule has 0 spiro atoms. The maximum Gasteiger partial charge on any atom is 0.294 e. The monoisotopic (exact) mass is 446 g/mol. The van der Waals surface area contributed by atoms with Crippen molar-refractivity contribution in [3.8, 4) is 5.75 Å². The second-order valence-corrected chi connectivity index (χ2v) is 8.56. The van der Waals surface area contributed by atoms with Crippen LogP contribution in [0, 0.1) is 13.8 Å². The van der Waals surface area contributed by atoms with Crippen molar-refractivity contribution in [2.75, 3.05) is 12.0 Å². The number of carbonyl (C=O) groups excluding carboxylic acids is 2. The van der Waals surface area contributed by atoms with Gasteiger partial charge in [-0.05, 0) is 67.6 Å². The summed E-state index contributed by atoms with van der Waals surface area (Å²) in [6.07, 6.45) is 5.58. The molecule has 2 aromatic carbocycles. The standard InChI is InChI=1S/C27H30N2O4/c1-18-8-6-9-19(2)24(18)29(27(31)23-12-7-17-33-23)25(20-13-15-22(32-3)16-14-20)26(30)28-21-10-4-5-11-21/h6-9,12-17,21,25H,4-5,10-11H2,1-3H3,(H,28,30). The number of carbonyl (C=O) groups is 2. The van der Waals surface area contributed by atoms with E-state index in [1.807, 2.05) is 56.3 Å². The lowest BCUT2D eigenvalue weighted by Gasteiger charge is -2.33. The topological polar surface area (TPSA) is 71.8 Å². The van der Waals surface area contributed by atoms with E-state index in [4.69, 9.17) is 9.15 Å². The zero-order chi connectivity index (χ0) is 23.4. The average Bonchev–Trinajstić information content (AvgIpc) is 3.53. The number of methoxy groups -OCH3 is 1. The molecule has 1 atom stereocenters. The first-order valence-electron chi connectivity index (χ1n) is 11.4. The summed E-state index contributed by atoms with van der Waals surface area (Å²) < 4.78 is 10.8. The molecule has 1 saturated carbocycles. The number of furan rings is 1. The number of para-hydroxylation sites is 1. The van der Waals surface area contributed by atoms with Crippen LogP contribution in [0.1, 0.15) is 59.0 Å². The van der Waals surface area contributed by atoms with Crippen molar-refractivity contribution in [2.24, 2.45) is 0 Å². The van der Waals surface area contributed by atoms with Crippen molar-refractivity contribution in [1.82, 2.24) is 5.32 Å². The molecule has 1 heterocycles. The van der Waals surface area contributed by atoms with E-state index in [-0.39, 0.29) is 23.6 Å². The van der Waals surface area contributed by atoms with Crippen LogP contribution in [0.3, 0.4) is 0 Å². The Hall–Kier alpha value is -3.54. The number of ether oxygens (including phenoxy) is 1. The van der Waals surface area contributed by atoms with E-state index in [2.05, 4.69) is 5.32 Å². The van der Waals surface area contributed by atoms with Crippen molar-refractivity contribution >= 4 is 17.5 Å². The van der Waals surface area contributed by atoms with Crippen LogP contribution in [0.25, 0.3) is 0 Å². The number of nitrogens with one attached hydrogen (secondary N) is 1. The lowest BCUT2D eigenvalue weighted by Crippen LogP contribution is -2.46. The quantitative estimate of drug-likeness (QED) is 0.531. The predicted molar refractivity (Wildman–Crippen MR) is 128 cm³/mol. The third-order valence-electron chi connectivity index (χ3n) is 6.27. The molecule has 1 unspecified atom stereocenters. The highest BCUT2D eigenvalue weighted by molar-refractivity contribution is 6.09. The summed E-state index contributed by atoms with van der Waals surface area (Å²) in [5.41, 5.74) is 3.22. The van der Waals surface area contributed by atoms with Gasteiger partial charge in [-0.2, -0.15) is 0 Å². The van der Waals surface area contributed by atoms with Gasteiger partial charge in [-0.25, -0.2) is 0 Å². The largest absolute Gasteiger partial charge is 0.497 e. The maximum absolute atomic E-state index is 13.8. The zero-order valence-corrected chi connectivity index (χ0v) is 19.3. The molecular formula is C27H30N2O4. The van der Waals surface area contributed by atoms with Gasteiger partial charge in [0.2, 0.25) is 5.91 Å². The van der Waals surface area contributed by atoms with E-state index in [9.17, 15) is 9.59 Å². The van der Waals surface area contributed by atoms with E-state index in [0.717, 1.165) is 36.8 Å². The van der Waals surface area contributed by atoms with Gasteiger partial charge >= 0.3 is 0 Å². The normalized spacial score (nSPS) is 14.6. The van der Waals surface area contributed by atoms with E-state index < -0.39 is 6.04 Å². The SMILES string of the molecule is COc1ccc(C(C(=O)NC2CCCC2)N(C(=O)c2ccco2)c2c(C)cccc2C)cc1. The highest BCUT2D eigenvalue weighted by Crippen LogP contribution is 2.35. The smallest absolute Gasteiger partial charge is 0.294 e. The van der Waals surface area contributed by atoms with Crippen LogP contribution in [-0.4, -0.2) is 25.0 Å². The molecule has 172 valence electrons. The molecule has 3 aromatic rings. The molecule has 2 amide bonds. The highest BCUT2D eigenvalue weighted by Gasteiger charge is 2.37. The van der Waals surface area contributed by atoms with Crippen LogP contribution in [0.15, 0.2) is 65.3 Å². The molecule has 0 saturated heterocycles. The highest BCUT2D eigenvalue weighted by atomic mass is 16.5. The van der Waals surface area contributed by atoms with E-state index in [1.54, 1.807) is 24.1 Å². The minimum atomic E-state index is -0.867. The van der Waals surface area contributed by atoms with Gasteiger partial charge < -0.3 is 14.5 Å². The Morgan fingerprint density at radius 1 is 1.00 bits per heavy atom. The molecule has 33 heavy (non-hydrogen) atoms. The van der Waals surface area contributed by atoms with Gasteiger partial charge in [0.05, 0.1) is 19.1 Å². The fraction of sp³-hybridized carbons (Fsp3) is 0.333. The number of hydrogen-bond acceptors (Lipinski definition) is 4. The number of benzene rings is 2. The second-order valence-electron chi connectivity index (χ2n) is 8.56. The molecule has 0 radical (unpaired) electrons. The fourth-order valence-corrected chi connectivity index (χ4v) is 4.61. The molecule has 1 aromatic heterocycles. The maximum atomic E-state index is 13.8. The minimum absolute atomic E-state index is 0.122. The van der Waals surface area contributed by atoms with Gasteiger partial charge in [0.1, 0.15) is 11.8 Å². The van der Waals surface area contributed by atoms with Crippen molar-refractivity contribution in [3.63, 3.8) is 0 Å². The Morgan fingerprint density at radius 3 is 2.24 bits per heavy atom. The van der Waals surface area contributed by atoms with Gasteiger partial charge in [0.25, 0.3) is 5.91 Å². The summed E-state index contributed by atoms with van der Waals surface area (Å²) in [5.74, 6) is 0.309. The molecule has 1 aliphatic carbocycles. The number of amides is 2. The lowest BCUT2D eigenvalue weighted by molar-refractivity contribution is -0.123. The van der Waals surface area contributed by atoms with Gasteiger partial charge in [0, 0.05) is 6.04 Å². The van der Waals surface area contributed by atoms with Crippen molar-refractivity contribution < 1.29 is 18.7 Å². The van der Waals surface area contributed by atoms with Crippen LogP contribution in [0.2, 0.25) is 0 Å². The summed E-state index contributed by atoms with van der Waals surface area (Å²) in [6.45, 7) is 3.90.